The SMILES string of the molecule is O=C(O)CCCCC=CC(O)(O)CCCC(=O)O. The summed E-state index contributed by atoms with van der Waals surface area (Å²) in [7, 11) is 0. The van der Waals surface area contributed by atoms with Crippen molar-refractivity contribution in [2.75, 3.05) is 0 Å². The minimum Gasteiger partial charge on any atom is -0.481 e. The largest absolute Gasteiger partial charge is 0.481 e. The van der Waals surface area contributed by atoms with Gasteiger partial charge in [0.2, 0.25) is 0 Å². The first kappa shape index (κ1) is 16.6. The van der Waals surface area contributed by atoms with E-state index < -0.39 is 17.7 Å². The topological polar surface area (TPSA) is 115 Å². The molecule has 0 aliphatic heterocycles. The van der Waals surface area contributed by atoms with Crippen LogP contribution >= 0.6 is 0 Å². The monoisotopic (exact) mass is 260 g/mol. The lowest BCUT2D eigenvalue weighted by molar-refractivity contribution is -0.140. The van der Waals surface area contributed by atoms with Crippen LogP contribution in [0.25, 0.3) is 0 Å². The number of carboxylic acids is 2. The third kappa shape index (κ3) is 11.1. The Labute approximate surface area is 106 Å². The van der Waals surface area contributed by atoms with Gasteiger partial charge in [-0.1, -0.05) is 6.08 Å². The van der Waals surface area contributed by atoms with Crippen molar-refractivity contribution in [3.8, 4) is 0 Å². The molecule has 0 aromatic rings. The highest BCUT2D eigenvalue weighted by atomic mass is 16.5. The summed E-state index contributed by atoms with van der Waals surface area (Å²) in [5, 5.41) is 35.7. The van der Waals surface area contributed by atoms with Crippen molar-refractivity contribution in [1.29, 1.82) is 0 Å². The zero-order valence-electron chi connectivity index (χ0n) is 10.2. The maximum Gasteiger partial charge on any atom is 0.303 e. The molecule has 0 aromatic carbocycles. The lowest BCUT2D eigenvalue weighted by Crippen LogP contribution is -2.24. The predicted molar refractivity (Wildman–Crippen MR) is 63.9 cm³/mol. The van der Waals surface area contributed by atoms with Gasteiger partial charge >= 0.3 is 11.9 Å². The molecule has 0 saturated carbocycles. The van der Waals surface area contributed by atoms with Gasteiger partial charge in [-0.25, -0.2) is 0 Å². The molecular weight excluding hydrogens is 240 g/mol. The maximum absolute atomic E-state index is 10.2. The summed E-state index contributed by atoms with van der Waals surface area (Å²) < 4.78 is 0. The van der Waals surface area contributed by atoms with Gasteiger partial charge < -0.3 is 20.4 Å². The van der Waals surface area contributed by atoms with E-state index in [1.54, 1.807) is 6.08 Å². The molecule has 18 heavy (non-hydrogen) atoms. The third-order valence-electron chi connectivity index (χ3n) is 2.33. The van der Waals surface area contributed by atoms with E-state index in [0.717, 1.165) is 0 Å². The van der Waals surface area contributed by atoms with Gasteiger partial charge in [-0.05, 0) is 31.8 Å². The van der Waals surface area contributed by atoms with Crippen LogP contribution in [0.2, 0.25) is 0 Å². The Morgan fingerprint density at radius 2 is 1.50 bits per heavy atom. The number of allylic oxidation sites excluding steroid dienone is 1. The van der Waals surface area contributed by atoms with E-state index in [1.165, 1.54) is 6.08 Å². The van der Waals surface area contributed by atoms with Crippen molar-refractivity contribution in [1.82, 2.24) is 0 Å². The molecule has 0 fully saturated rings. The van der Waals surface area contributed by atoms with Gasteiger partial charge in [-0.2, -0.15) is 0 Å². The second-order valence-corrected chi connectivity index (χ2v) is 4.17. The molecular formula is C12H20O6. The number of hydrogen-bond donors (Lipinski definition) is 4. The Balaban J connectivity index is 3.72. The van der Waals surface area contributed by atoms with Crippen LogP contribution in [0.3, 0.4) is 0 Å². The second kappa shape index (κ2) is 8.66. The highest BCUT2D eigenvalue weighted by Crippen LogP contribution is 2.13. The van der Waals surface area contributed by atoms with Gasteiger partial charge in [-0.15, -0.1) is 0 Å². The minimum absolute atomic E-state index is 0.0368. The van der Waals surface area contributed by atoms with E-state index in [-0.39, 0.29) is 25.7 Å². The standard InChI is InChI=1S/C12H20O6/c13-10(14)6-3-1-2-4-8-12(17,18)9-5-7-11(15)16/h4,8,17-18H,1-3,5-7,9H2,(H,13,14)(H,15,16). The summed E-state index contributed by atoms with van der Waals surface area (Å²) in [5.74, 6) is -3.79. The Morgan fingerprint density at radius 1 is 0.944 bits per heavy atom. The molecule has 0 aromatic heterocycles. The van der Waals surface area contributed by atoms with Gasteiger partial charge in [-0.3, -0.25) is 9.59 Å². The van der Waals surface area contributed by atoms with E-state index >= 15 is 0 Å². The van der Waals surface area contributed by atoms with Crippen molar-refractivity contribution in [2.24, 2.45) is 0 Å². The molecule has 0 amide bonds. The van der Waals surface area contributed by atoms with Gasteiger partial charge in [0.25, 0.3) is 0 Å². The van der Waals surface area contributed by atoms with Crippen molar-refractivity contribution >= 4 is 11.9 Å². The quantitative estimate of drug-likeness (QED) is 0.266. The molecule has 104 valence electrons. The van der Waals surface area contributed by atoms with Crippen molar-refractivity contribution in [3.05, 3.63) is 12.2 Å². The number of aliphatic carboxylic acids is 2. The summed E-state index contributed by atoms with van der Waals surface area (Å²) in [5.41, 5.74) is 0. The van der Waals surface area contributed by atoms with Crippen LogP contribution in [0.5, 0.6) is 0 Å². The minimum atomic E-state index is -1.98. The van der Waals surface area contributed by atoms with E-state index in [4.69, 9.17) is 10.2 Å². The molecule has 0 radical (unpaired) electrons. The van der Waals surface area contributed by atoms with Gasteiger partial charge in [0, 0.05) is 19.3 Å². The zero-order chi connectivity index (χ0) is 14.0. The molecule has 0 unspecified atom stereocenters. The molecule has 0 aliphatic rings. The first-order chi connectivity index (χ1) is 8.33. The average molecular weight is 260 g/mol. The van der Waals surface area contributed by atoms with Gasteiger partial charge in [0.15, 0.2) is 5.79 Å². The number of aliphatic hydroxyl groups is 2. The zero-order valence-corrected chi connectivity index (χ0v) is 10.2. The summed E-state index contributed by atoms with van der Waals surface area (Å²) in [6.45, 7) is 0. The highest BCUT2D eigenvalue weighted by molar-refractivity contribution is 5.66. The molecule has 0 spiro atoms. The summed E-state index contributed by atoms with van der Waals surface area (Å²) in [4.78, 5) is 20.5. The maximum atomic E-state index is 10.2. The molecule has 0 atom stereocenters. The van der Waals surface area contributed by atoms with Crippen molar-refractivity contribution < 1.29 is 30.0 Å². The fourth-order valence-corrected chi connectivity index (χ4v) is 1.39. The predicted octanol–water partition coefficient (Wildman–Crippen LogP) is 1.12. The van der Waals surface area contributed by atoms with Crippen LogP contribution < -0.4 is 0 Å². The lowest BCUT2D eigenvalue weighted by atomic mass is 10.1. The van der Waals surface area contributed by atoms with Crippen LogP contribution in [0, 0.1) is 0 Å². The highest BCUT2D eigenvalue weighted by Gasteiger charge is 2.18. The molecule has 0 saturated heterocycles. The Morgan fingerprint density at radius 3 is 2.06 bits per heavy atom. The number of rotatable bonds is 10. The second-order valence-electron chi connectivity index (χ2n) is 4.17. The van der Waals surface area contributed by atoms with Crippen molar-refractivity contribution in [2.45, 2.75) is 50.7 Å². The molecule has 0 heterocycles. The lowest BCUT2D eigenvalue weighted by Gasteiger charge is -2.16. The van der Waals surface area contributed by atoms with Crippen LogP contribution in [0.1, 0.15) is 44.9 Å². The van der Waals surface area contributed by atoms with Crippen LogP contribution in [0.15, 0.2) is 12.2 Å². The fourth-order valence-electron chi connectivity index (χ4n) is 1.39. The van der Waals surface area contributed by atoms with Gasteiger partial charge in [0.05, 0.1) is 0 Å². The molecule has 0 aliphatic carbocycles. The van der Waals surface area contributed by atoms with Crippen LogP contribution in [-0.4, -0.2) is 38.2 Å². The van der Waals surface area contributed by atoms with Crippen molar-refractivity contribution in [3.63, 3.8) is 0 Å². The molecule has 6 heteroatoms. The number of carbonyl (C=O) groups is 2. The summed E-state index contributed by atoms with van der Waals surface area (Å²) in [6, 6.07) is 0. The van der Waals surface area contributed by atoms with E-state index in [0.29, 0.717) is 19.3 Å². The molecule has 6 nitrogen and oxygen atoms in total. The van der Waals surface area contributed by atoms with Crippen LogP contribution in [0.4, 0.5) is 0 Å². The smallest absolute Gasteiger partial charge is 0.303 e. The normalized spacial score (nSPS) is 11.9. The van der Waals surface area contributed by atoms with E-state index in [2.05, 4.69) is 0 Å². The number of carboxylic acid groups (broad SMARTS) is 2. The molecule has 4 N–H and O–H groups in total. The summed E-state index contributed by atoms with van der Waals surface area (Å²) >= 11 is 0. The average Bonchev–Trinajstić information content (AvgIpc) is 2.21. The molecule has 0 bridgehead atoms. The first-order valence-corrected chi connectivity index (χ1v) is 5.89. The Bertz CT molecular complexity index is 295. The fraction of sp³-hybridized carbons (Fsp3) is 0.667. The van der Waals surface area contributed by atoms with E-state index in [9.17, 15) is 19.8 Å². The Hall–Kier alpha value is -1.40. The Kier molecular flexibility index (Phi) is 7.98. The molecule has 0 rings (SSSR count). The summed E-state index contributed by atoms with van der Waals surface area (Å²) in [6.07, 6.45) is 4.71. The first-order valence-electron chi connectivity index (χ1n) is 5.89. The van der Waals surface area contributed by atoms with Crippen LogP contribution in [-0.2, 0) is 9.59 Å². The van der Waals surface area contributed by atoms with E-state index in [1.807, 2.05) is 0 Å². The number of hydrogen-bond acceptors (Lipinski definition) is 4. The van der Waals surface area contributed by atoms with Gasteiger partial charge in [0.1, 0.15) is 0 Å². The third-order valence-corrected chi connectivity index (χ3v) is 2.33. The number of unbranched alkanes of at least 4 members (excludes halogenated alkanes) is 2.